The molecule has 0 atom stereocenters. The van der Waals surface area contributed by atoms with Crippen molar-refractivity contribution in [3.05, 3.63) is 71.9 Å². The van der Waals surface area contributed by atoms with E-state index in [4.69, 9.17) is 5.73 Å². The van der Waals surface area contributed by atoms with Crippen LogP contribution >= 0.6 is 0 Å². The van der Waals surface area contributed by atoms with E-state index in [1.54, 1.807) is 10.9 Å². The second kappa shape index (κ2) is 6.12. The SMILES string of the molecule is NC(=O)C1(c2nc(CCc3ccccc3)nn2-c2ccccn2)CC1. The van der Waals surface area contributed by atoms with Crippen molar-refractivity contribution < 1.29 is 4.79 Å². The van der Waals surface area contributed by atoms with Crippen LogP contribution in [-0.2, 0) is 23.1 Å². The number of amides is 1. The van der Waals surface area contributed by atoms with Gasteiger partial charge in [-0.15, -0.1) is 5.10 Å². The third kappa shape index (κ3) is 2.91. The van der Waals surface area contributed by atoms with Gasteiger partial charge in [0.2, 0.25) is 5.91 Å². The number of nitrogens with zero attached hydrogens (tertiary/aromatic N) is 4. The van der Waals surface area contributed by atoms with E-state index >= 15 is 0 Å². The number of carbonyl (C=O) groups is 1. The molecule has 1 amide bonds. The van der Waals surface area contributed by atoms with Gasteiger partial charge in [-0.25, -0.2) is 9.97 Å². The largest absolute Gasteiger partial charge is 0.369 e. The van der Waals surface area contributed by atoms with Crippen molar-refractivity contribution >= 4 is 5.91 Å². The highest BCUT2D eigenvalue weighted by atomic mass is 16.1. The highest BCUT2D eigenvalue weighted by Gasteiger charge is 2.54. The predicted octanol–water partition coefficient (Wildman–Crippen LogP) is 1.96. The Balaban J connectivity index is 1.68. The van der Waals surface area contributed by atoms with E-state index in [1.807, 2.05) is 36.4 Å². The Bertz CT molecular complexity index is 885. The molecule has 126 valence electrons. The van der Waals surface area contributed by atoms with Crippen molar-refractivity contribution in [1.82, 2.24) is 19.7 Å². The van der Waals surface area contributed by atoms with Gasteiger partial charge in [0.15, 0.2) is 11.6 Å². The molecule has 2 aromatic heterocycles. The fraction of sp³-hybridized carbons (Fsp3) is 0.263. The van der Waals surface area contributed by atoms with Crippen molar-refractivity contribution in [3.63, 3.8) is 0 Å². The molecule has 25 heavy (non-hydrogen) atoms. The molecule has 0 aliphatic heterocycles. The van der Waals surface area contributed by atoms with Gasteiger partial charge in [0.25, 0.3) is 0 Å². The number of nitrogens with two attached hydrogens (primary N) is 1. The van der Waals surface area contributed by atoms with E-state index in [1.165, 1.54) is 5.56 Å². The summed E-state index contributed by atoms with van der Waals surface area (Å²) in [6.45, 7) is 0. The molecule has 1 saturated carbocycles. The quantitative estimate of drug-likeness (QED) is 0.747. The summed E-state index contributed by atoms with van der Waals surface area (Å²) < 4.78 is 1.68. The van der Waals surface area contributed by atoms with Crippen molar-refractivity contribution in [2.24, 2.45) is 5.73 Å². The summed E-state index contributed by atoms with van der Waals surface area (Å²) in [6.07, 6.45) is 4.67. The molecule has 1 aliphatic rings. The van der Waals surface area contributed by atoms with E-state index < -0.39 is 5.41 Å². The van der Waals surface area contributed by atoms with Gasteiger partial charge in [-0.05, 0) is 37.0 Å². The lowest BCUT2D eigenvalue weighted by atomic mass is 10.1. The van der Waals surface area contributed by atoms with Crippen LogP contribution in [0, 0.1) is 0 Å². The van der Waals surface area contributed by atoms with Crippen LogP contribution in [0.25, 0.3) is 5.82 Å². The zero-order chi connectivity index (χ0) is 17.3. The van der Waals surface area contributed by atoms with Crippen LogP contribution in [0.3, 0.4) is 0 Å². The van der Waals surface area contributed by atoms with Gasteiger partial charge in [-0.3, -0.25) is 4.79 Å². The second-order valence-electron chi connectivity index (χ2n) is 6.38. The first-order chi connectivity index (χ1) is 12.2. The zero-order valence-electron chi connectivity index (χ0n) is 13.8. The minimum absolute atomic E-state index is 0.341. The van der Waals surface area contributed by atoms with Crippen LogP contribution in [0.15, 0.2) is 54.7 Å². The zero-order valence-corrected chi connectivity index (χ0v) is 13.8. The summed E-state index contributed by atoms with van der Waals surface area (Å²) in [5, 5.41) is 4.62. The number of hydrogen-bond acceptors (Lipinski definition) is 4. The van der Waals surface area contributed by atoms with Gasteiger partial charge in [0.05, 0.1) is 0 Å². The smallest absolute Gasteiger partial charge is 0.231 e. The number of aryl methyl sites for hydroxylation is 2. The first-order valence-corrected chi connectivity index (χ1v) is 8.41. The van der Waals surface area contributed by atoms with Gasteiger partial charge in [0.1, 0.15) is 11.2 Å². The minimum Gasteiger partial charge on any atom is -0.369 e. The van der Waals surface area contributed by atoms with E-state index in [0.29, 0.717) is 36.7 Å². The van der Waals surface area contributed by atoms with Crippen LogP contribution < -0.4 is 5.73 Å². The summed E-state index contributed by atoms with van der Waals surface area (Å²) in [5.74, 6) is 1.63. The van der Waals surface area contributed by atoms with E-state index in [2.05, 4.69) is 27.2 Å². The molecule has 0 spiro atoms. The minimum atomic E-state index is -0.699. The Morgan fingerprint density at radius 3 is 2.48 bits per heavy atom. The lowest BCUT2D eigenvalue weighted by molar-refractivity contribution is -0.120. The van der Waals surface area contributed by atoms with Crippen molar-refractivity contribution in [3.8, 4) is 5.82 Å². The second-order valence-corrected chi connectivity index (χ2v) is 6.38. The van der Waals surface area contributed by atoms with Gasteiger partial charge < -0.3 is 5.73 Å². The number of carbonyl (C=O) groups excluding carboxylic acids is 1. The third-order valence-electron chi connectivity index (χ3n) is 4.65. The molecular weight excluding hydrogens is 314 g/mol. The molecule has 6 nitrogen and oxygen atoms in total. The summed E-state index contributed by atoms with van der Waals surface area (Å²) in [5.41, 5.74) is 6.18. The first-order valence-electron chi connectivity index (χ1n) is 8.41. The van der Waals surface area contributed by atoms with E-state index in [9.17, 15) is 4.79 Å². The normalized spacial score (nSPS) is 15.0. The summed E-state index contributed by atoms with van der Waals surface area (Å²) in [4.78, 5) is 21.0. The van der Waals surface area contributed by atoms with Gasteiger partial charge in [0, 0.05) is 12.6 Å². The first kappa shape index (κ1) is 15.5. The molecule has 0 unspecified atom stereocenters. The van der Waals surface area contributed by atoms with Gasteiger partial charge in [-0.1, -0.05) is 36.4 Å². The Kier molecular flexibility index (Phi) is 3.80. The van der Waals surface area contributed by atoms with Crippen LogP contribution in [-0.4, -0.2) is 25.7 Å². The van der Waals surface area contributed by atoms with Crippen molar-refractivity contribution in [1.29, 1.82) is 0 Å². The maximum Gasteiger partial charge on any atom is 0.231 e. The fourth-order valence-corrected chi connectivity index (χ4v) is 3.02. The molecule has 3 aromatic rings. The number of aromatic nitrogens is 4. The van der Waals surface area contributed by atoms with Crippen LogP contribution in [0.1, 0.15) is 30.1 Å². The van der Waals surface area contributed by atoms with Gasteiger partial charge >= 0.3 is 0 Å². The molecule has 1 fully saturated rings. The molecule has 0 bridgehead atoms. The number of benzene rings is 1. The molecule has 1 aromatic carbocycles. The highest BCUT2D eigenvalue weighted by Crippen LogP contribution is 2.47. The lowest BCUT2D eigenvalue weighted by Gasteiger charge is -2.11. The molecule has 1 aliphatic carbocycles. The molecular formula is C19H19N5O. The maximum atomic E-state index is 12.0. The third-order valence-corrected chi connectivity index (χ3v) is 4.65. The average molecular weight is 333 g/mol. The molecule has 2 heterocycles. The number of rotatable bonds is 6. The number of primary amides is 1. The van der Waals surface area contributed by atoms with E-state index in [-0.39, 0.29) is 5.91 Å². The maximum absolute atomic E-state index is 12.0. The monoisotopic (exact) mass is 333 g/mol. The van der Waals surface area contributed by atoms with Crippen LogP contribution in [0.4, 0.5) is 0 Å². The van der Waals surface area contributed by atoms with Crippen molar-refractivity contribution in [2.45, 2.75) is 31.1 Å². The molecule has 4 rings (SSSR count). The van der Waals surface area contributed by atoms with Crippen LogP contribution in [0.5, 0.6) is 0 Å². The number of pyridine rings is 1. The molecule has 0 saturated heterocycles. The topological polar surface area (TPSA) is 86.7 Å². The molecule has 2 N–H and O–H groups in total. The number of hydrogen-bond donors (Lipinski definition) is 1. The Labute approximate surface area is 145 Å². The Hall–Kier alpha value is -3.02. The fourth-order valence-electron chi connectivity index (χ4n) is 3.02. The van der Waals surface area contributed by atoms with Crippen molar-refractivity contribution in [2.75, 3.05) is 0 Å². The predicted molar refractivity (Wildman–Crippen MR) is 93.1 cm³/mol. The summed E-state index contributed by atoms with van der Waals surface area (Å²) in [7, 11) is 0. The Morgan fingerprint density at radius 1 is 1.08 bits per heavy atom. The summed E-state index contributed by atoms with van der Waals surface area (Å²) in [6, 6.07) is 15.8. The highest BCUT2D eigenvalue weighted by molar-refractivity contribution is 5.89. The lowest BCUT2D eigenvalue weighted by Crippen LogP contribution is -2.31. The standard InChI is InChI=1S/C19H19N5O/c20-17(25)19(11-12-19)18-22-15(10-9-14-6-2-1-3-7-14)23-24(18)16-8-4-5-13-21-16/h1-8,13H,9-12H2,(H2,20,25). The van der Waals surface area contributed by atoms with Crippen LogP contribution in [0.2, 0.25) is 0 Å². The summed E-state index contributed by atoms with van der Waals surface area (Å²) >= 11 is 0. The molecule has 0 radical (unpaired) electrons. The molecule has 6 heteroatoms. The Morgan fingerprint density at radius 2 is 1.84 bits per heavy atom. The van der Waals surface area contributed by atoms with Gasteiger partial charge in [-0.2, -0.15) is 4.68 Å². The van der Waals surface area contributed by atoms with E-state index in [0.717, 1.165) is 6.42 Å². The average Bonchev–Trinajstić information content (AvgIpc) is 3.36.